The lowest BCUT2D eigenvalue weighted by molar-refractivity contribution is -0.141. The summed E-state index contributed by atoms with van der Waals surface area (Å²) in [5, 5.41) is 6.25. The van der Waals surface area contributed by atoms with E-state index in [1.807, 2.05) is 6.92 Å². The summed E-state index contributed by atoms with van der Waals surface area (Å²) in [5.74, 6) is 0.524. The number of benzene rings is 1. The average molecular weight is 576 g/mol. The minimum atomic E-state index is -4.36. The Bertz CT molecular complexity index is 903. The number of aliphatic imine (C=N–C) groups is 1. The van der Waals surface area contributed by atoms with Crippen LogP contribution in [0.1, 0.15) is 30.9 Å². The summed E-state index contributed by atoms with van der Waals surface area (Å²) in [6.07, 6.45) is 1.31. The number of carbonyl (C=O) groups is 2. The minimum absolute atomic E-state index is 0. The lowest BCUT2D eigenvalue weighted by Gasteiger charge is -2.18. The number of alkyl halides is 3. The highest BCUT2D eigenvalue weighted by atomic mass is 127. The minimum Gasteiger partial charge on any atom is -0.357 e. The summed E-state index contributed by atoms with van der Waals surface area (Å²) in [7, 11) is 0. The normalized spacial score (nSPS) is 25.9. The topological polar surface area (TPSA) is 73.8 Å². The fraction of sp³-hybridized carbons (Fsp3) is 0.522. The van der Waals surface area contributed by atoms with Crippen molar-refractivity contribution in [3.05, 3.63) is 47.5 Å². The Morgan fingerprint density at radius 2 is 1.67 bits per heavy atom. The first kappa shape index (κ1) is 25.5. The van der Waals surface area contributed by atoms with Crippen LogP contribution in [0.3, 0.4) is 0 Å². The van der Waals surface area contributed by atoms with Crippen LogP contribution in [0.4, 0.5) is 13.2 Å². The van der Waals surface area contributed by atoms with Gasteiger partial charge in [0.05, 0.1) is 23.9 Å². The third-order valence-electron chi connectivity index (χ3n) is 6.46. The van der Waals surface area contributed by atoms with Crippen LogP contribution < -0.4 is 10.6 Å². The summed E-state index contributed by atoms with van der Waals surface area (Å²) < 4.78 is 38.0. The number of rotatable bonds is 7. The van der Waals surface area contributed by atoms with Gasteiger partial charge in [-0.05, 0) is 49.3 Å². The number of hydrogen-bond acceptors (Lipinski definition) is 3. The first-order valence-electron chi connectivity index (χ1n) is 11.0. The van der Waals surface area contributed by atoms with Crippen LogP contribution in [-0.2, 0) is 22.3 Å². The number of hydrogen-bond donors (Lipinski definition) is 2. The molecular formula is C23H28F3IN4O2. The van der Waals surface area contributed by atoms with E-state index in [4.69, 9.17) is 0 Å². The van der Waals surface area contributed by atoms with Crippen molar-refractivity contribution >= 4 is 41.8 Å². The highest BCUT2D eigenvalue weighted by Gasteiger charge is 2.58. The van der Waals surface area contributed by atoms with Gasteiger partial charge in [0.1, 0.15) is 0 Å². The van der Waals surface area contributed by atoms with Gasteiger partial charge in [0.15, 0.2) is 5.96 Å². The van der Waals surface area contributed by atoms with E-state index < -0.39 is 11.7 Å². The quantitative estimate of drug-likeness (QED) is 0.130. The van der Waals surface area contributed by atoms with Gasteiger partial charge in [0, 0.05) is 19.6 Å². The predicted molar refractivity (Wildman–Crippen MR) is 129 cm³/mol. The average Bonchev–Trinajstić information content (AvgIpc) is 3.44. The standard InChI is InChI=1S/C23H27F3N4O2.HI/c1-2-27-22(29-13-14-4-8-17(9-5-14)23(24,25)26)28-10-3-11-30-20(31)18-15-6-7-16(12-15)19(18)21(30)32;/h4-9,15-16,18-19H,2-3,10-13H2,1H3,(H2,27,28,29);1H. The number of guanidine groups is 1. The molecule has 3 aliphatic rings. The highest BCUT2D eigenvalue weighted by Crippen LogP contribution is 2.52. The Morgan fingerprint density at radius 3 is 2.21 bits per heavy atom. The second-order valence-corrected chi connectivity index (χ2v) is 8.50. The number of halogens is 4. The Hall–Kier alpha value is -2.11. The number of allylic oxidation sites excluding steroid dienone is 2. The third kappa shape index (κ3) is 5.36. The van der Waals surface area contributed by atoms with Crippen LogP contribution in [0, 0.1) is 23.7 Å². The SMILES string of the molecule is CCNC(=NCc1ccc(C(F)(F)F)cc1)NCCCN1C(=O)C2C3C=CC(C3)C2C1=O.I. The van der Waals surface area contributed by atoms with Crippen molar-refractivity contribution in [3.8, 4) is 0 Å². The molecule has 1 aromatic rings. The fourth-order valence-electron chi connectivity index (χ4n) is 4.94. The molecular weight excluding hydrogens is 548 g/mol. The Kier molecular flexibility index (Phi) is 8.07. The van der Waals surface area contributed by atoms with Crippen molar-refractivity contribution in [1.29, 1.82) is 0 Å². The van der Waals surface area contributed by atoms with E-state index in [1.165, 1.54) is 17.0 Å². The van der Waals surface area contributed by atoms with E-state index in [0.29, 0.717) is 37.6 Å². The van der Waals surface area contributed by atoms with Gasteiger partial charge in [-0.15, -0.1) is 24.0 Å². The monoisotopic (exact) mass is 576 g/mol. The molecule has 180 valence electrons. The zero-order valence-corrected chi connectivity index (χ0v) is 20.6. The maximum Gasteiger partial charge on any atom is 0.416 e. The van der Waals surface area contributed by atoms with Gasteiger partial charge in [0.25, 0.3) is 0 Å². The van der Waals surface area contributed by atoms with Crippen molar-refractivity contribution in [3.63, 3.8) is 0 Å². The van der Waals surface area contributed by atoms with Gasteiger partial charge in [0.2, 0.25) is 11.8 Å². The molecule has 2 bridgehead atoms. The number of fused-ring (bicyclic) bond motifs is 5. The summed E-state index contributed by atoms with van der Waals surface area (Å²) >= 11 is 0. The molecule has 1 aliphatic heterocycles. The smallest absolute Gasteiger partial charge is 0.357 e. The fourth-order valence-corrected chi connectivity index (χ4v) is 4.94. The van der Waals surface area contributed by atoms with Gasteiger partial charge in [-0.2, -0.15) is 13.2 Å². The molecule has 2 N–H and O–H groups in total. The molecule has 1 heterocycles. The zero-order chi connectivity index (χ0) is 22.9. The van der Waals surface area contributed by atoms with Crippen molar-refractivity contribution in [2.75, 3.05) is 19.6 Å². The second kappa shape index (κ2) is 10.4. The van der Waals surface area contributed by atoms with Gasteiger partial charge in [-0.25, -0.2) is 4.99 Å². The summed E-state index contributed by atoms with van der Waals surface area (Å²) in [4.78, 5) is 31.2. The number of likely N-dealkylation sites (tertiary alicyclic amines) is 1. The molecule has 0 spiro atoms. The molecule has 2 aliphatic carbocycles. The van der Waals surface area contributed by atoms with E-state index in [9.17, 15) is 22.8 Å². The molecule has 1 aromatic carbocycles. The van der Waals surface area contributed by atoms with Crippen molar-refractivity contribution in [1.82, 2.24) is 15.5 Å². The summed E-state index contributed by atoms with van der Waals surface area (Å²) in [6, 6.07) is 4.93. The number of imide groups is 1. The van der Waals surface area contributed by atoms with Crippen LogP contribution in [0.5, 0.6) is 0 Å². The number of amides is 2. The van der Waals surface area contributed by atoms with Crippen LogP contribution >= 0.6 is 24.0 Å². The molecule has 2 fully saturated rings. The first-order chi connectivity index (χ1) is 15.3. The maximum absolute atomic E-state index is 12.7. The van der Waals surface area contributed by atoms with Gasteiger partial charge in [-0.3, -0.25) is 14.5 Å². The van der Waals surface area contributed by atoms with Crippen LogP contribution in [0.25, 0.3) is 0 Å². The lowest BCUT2D eigenvalue weighted by Crippen LogP contribution is -2.40. The highest BCUT2D eigenvalue weighted by molar-refractivity contribution is 14.0. The maximum atomic E-state index is 12.7. The molecule has 10 heteroatoms. The molecule has 4 atom stereocenters. The van der Waals surface area contributed by atoms with E-state index in [1.54, 1.807) is 0 Å². The first-order valence-corrected chi connectivity index (χ1v) is 11.0. The van der Waals surface area contributed by atoms with E-state index in [0.717, 1.165) is 18.6 Å². The van der Waals surface area contributed by atoms with Crippen molar-refractivity contribution < 1.29 is 22.8 Å². The Balaban J connectivity index is 0.00000306. The molecule has 2 amide bonds. The zero-order valence-electron chi connectivity index (χ0n) is 18.3. The van der Waals surface area contributed by atoms with Crippen LogP contribution in [-0.4, -0.2) is 42.3 Å². The van der Waals surface area contributed by atoms with Gasteiger partial charge < -0.3 is 10.6 Å². The van der Waals surface area contributed by atoms with Crippen LogP contribution in [0.2, 0.25) is 0 Å². The van der Waals surface area contributed by atoms with Gasteiger partial charge in [-0.1, -0.05) is 24.3 Å². The Morgan fingerprint density at radius 1 is 1.06 bits per heavy atom. The summed E-state index contributed by atoms with van der Waals surface area (Å²) in [5.41, 5.74) is -0.0209. The molecule has 4 unspecified atom stereocenters. The Labute approximate surface area is 208 Å². The van der Waals surface area contributed by atoms with E-state index >= 15 is 0 Å². The van der Waals surface area contributed by atoms with Crippen molar-refractivity contribution in [2.45, 2.75) is 32.5 Å². The van der Waals surface area contributed by atoms with E-state index in [-0.39, 0.29) is 66.0 Å². The lowest BCUT2D eigenvalue weighted by atomic mass is 9.85. The van der Waals surface area contributed by atoms with Crippen LogP contribution in [0.15, 0.2) is 41.4 Å². The molecule has 33 heavy (non-hydrogen) atoms. The third-order valence-corrected chi connectivity index (χ3v) is 6.46. The van der Waals surface area contributed by atoms with Gasteiger partial charge >= 0.3 is 6.18 Å². The molecule has 4 rings (SSSR count). The number of nitrogens with zero attached hydrogens (tertiary/aromatic N) is 2. The molecule has 6 nitrogen and oxygen atoms in total. The number of carbonyl (C=O) groups excluding carboxylic acids is 2. The molecule has 1 saturated heterocycles. The molecule has 0 radical (unpaired) electrons. The predicted octanol–water partition coefficient (Wildman–Crippen LogP) is 3.58. The van der Waals surface area contributed by atoms with E-state index in [2.05, 4.69) is 27.8 Å². The van der Waals surface area contributed by atoms with Crippen molar-refractivity contribution in [2.24, 2.45) is 28.7 Å². The largest absolute Gasteiger partial charge is 0.416 e. The molecule has 0 aromatic heterocycles. The molecule has 1 saturated carbocycles. The second-order valence-electron chi connectivity index (χ2n) is 8.50. The summed E-state index contributed by atoms with van der Waals surface area (Å²) in [6.45, 7) is 3.65. The number of nitrogens with one attached hydrogen (secondary N) is 2.